The van der Waals surface area contributed by atoms with Gasteiger partial charge >= 0.3 is 5.97 Å². The molecule has 148 valence electrons. The van der Waals surface area contributed by atoms with Crippen molar-refractivity contribution in [3.63, 3.8) is 0 Å². The fraction of sp³-hybridized carbons (Fsp3) is 0.125. The molecule has 0 unspecified atom stereocenters. The first-order valence-corrected chi connectivity index (χ1v) is 9.74. The lowest BCUT2D eigenvalue weighted by Crippen LogP contribution is -2.32. The lowest BCUT2D eigenvalue weighted by Gasteiger charge is -2.30. The van der Waals surface area contributed by atoms with Crippen molar-refractivity contribution in [2.75, 3.05) is 11.4 Å². The van der Waals surface area contributed by atoms with E-state index in [1.165, 1.54) is 23.3 Å². The molecule has 6 heteroatoms. The average Bonchev–Trinajstić information content (AvgIpc) is 3.04. The highest BCUT2D eigenvalue weighted by Gasteiger charge is 2.38. The molecular formula is C24H18N2O4. The van der Waals surface area contributed by atoms with Crippen LogP contribution in [0, 0.1) is 0 Å². The molecule has 0 N–H and O–H groups in total. The highest BCUT2D eigenvalue weighted by molar-refractivity contribution is 6.21. The van der Waals surface area contributed by atoms with E-state index < -0.39 is 17.8 Å². The zero-order chi connectivity index (χ0) is 20.7. The topological polar surface area (TPSA) is 66.9 Å². The summed E-state index contributed by atoms with van der Waals surface area (Å²) in [7, 11) is 0. The highest BCUT2D eigenvalue weighted by Crippen LogP contribution is 2.26. The maximum atomic E-state index is 12.5. The van der Waals surface area contributed by atoms with Crippen molar-refractivity contribution in [1.82, 2.24) is 5.06 Å². The second-order valence-electron chi connectivity index (χ2n) is 7.32. The van der Waals surface area contributed by atoms with Gasteiger partial charge in [0.25, 0.3) is 11.8 Å². The Bertz CT molecular complexity index is 1130. The van der Waals surface area contributed by atoms with Crippen molar-refractivity contribution >= 4 is 23.5 Å². The molecule has 0 saturated heterocycles. The molecule has 3 aromatic rings. The molecule has 2 aliphatic rings. The smallest absolute Gasteiger partial charge is 0.363 e. The maximum Gasteiger partial charge on any atom is 0.363 e. The van der Waals surface area contributed by atoms with Crippen LogP contribution < -0.4 is 4.90 Å². The Balaban J connectivity index is 1.29. The SMILES string of the molecule is O=C(ON1C(=O)c2ccccc2C1=O)c1ccc(N2CCc3ccccc3C2)cc1. The van der Waals surface area contributed by atoms with Gasteiger partial charge in [-0.15, -0.1) is 0 Å². The Hall–Kier alpha value is -3.93. The van der Waals surface area contributed by atoms with E-state index in [0.717, 1.165) is 25.2 Å². The Labute approximate surface area is 173 Å². The number of hydrogen-bond acceptors (Lipinski definition) is 5. The van der Waals surface area contributed by atoms with Crippen LogP contribution in [-0.2, 0) is 17.8 Å². The average molecular weight is 398 g/mol. The first kappa shape index (κ1) is 18.1. The third kappa shape index (κ3) is 3.03. The minimum atomic E-state index is -0.750. The van der Waals surface area contributed by atoms with Gasteiger partial charge in [0.2, 0.25) is 0 Å². The lowest BCUT2D eigenvalue weighted by atomic mass is 9.99. The lowest BCUT2D eigenvalue weighted by molar-refractivity contribution is -0.0584. The summed E-state index contributed by atoms with van der Waals surface area (Å²) in [5, 5.41) is 0.530. The predicted molar refractivity (Wildman–Crippen MR) is 110 cm³/mol. The number of benzene rings is 3. The van der Waals surface area contributed by atoms with Crippen molar-refractivity contribution in [1.29, 1.82) is 0 Å². The number of imide groups is 1. The molecular weight excluding hydrogens is 380 g/mol. The van der Waals surface area contributed by atoms with Crippen LogP contribution in [0.2, 0.25) is 0 Å². The molecule has 0 bridgehead atoms. The van der Waals surface area contributed by atoms with E-state index in [4.69, 9.17) is 4.84 Å². The second-order valence-corrected chi connectivity index (χ2v) is 7.32. The molecule has 2 amide bonds. The minimum absolute atomic E-state index is 0.232. The number of rotatable bonds is 3. The van der Waals surface area contributed by atoms with Gasteiger partial charge in [0.05, 0.1) is 16.7 Å². The van der Waals surface area contributed by atoms with E-state index >= 15 is 0 Å². The molecule has 6 nitrogen and oxygen atoms in total. The Morgan fingerprint density at radius 3 is 2.03 bits per heavy atom. The summed E-state index contributed by atoms with van der Waals surface area (Å²) in [5.41, 5.74) is 4.41. The summed E-state index contributed by atoms with van der Waals surface area (Å²) in [4.78, 5) is 44.6. The summed E-state index contributed by atoms with van der Waals surface area (Å²) in [5.74, 6) is -2.01. The van der Waals surface area contributed by atoms with E-state index in [2.05, 4.69) is 23.1 Å². The summed E-state index contributed by atoms with van der Waals surface area (Å²) in [6, 6.07) is 21.8. The predicted octanol–water partition coefficient (Wildman–Crippen LogP) is 3.62. The number of anilines is 1. The van der Waals surface area contributed by atoms with Gasteiger partial charge in [0.15, 0.2) is 0 Å². The van der Waals surface area contributed by atoms with Crippen LogP contribution in [0.4, 0.5) is 5.69 Å². The van der Waals surface area contributed by atoms with Crippen molar-refractivity contribution in [3.8, 4) is 0 Å². The molecule has 0 radical (unpaired) electrons. The number of nitrogens with zero attached hydrogens (tertiary/aromatic N) is 2. The van der Waals surface area contributed by atoms with E-state index in [9.17, 15) is 14.4 Å². The largest absolute Gasteiger partial charge is 0.367 e. The molecule has 0 aliphatic carbocycles. The first-order valence-electron chi connectivity index (χ1n) is 9.74. The van der Waals surface area contributed by atoms with Gasteiger partial charge in [0, 0.05) is 18.8 Å². The molecule has 3 aromatic carbocycles. The first-order chi connectivity index (χ1) is 14.6. The molecule has 2 aliphatic heterocycles. The molecule has 5 rings (SSSR count). The van der Waals surface area contributed by atoms with Gasteiger partial charge in [-0.1, -0.05) is 41.5 Å². The van der Waals surface area contributed by atoms with Crippen LogP contribution in [0.1, 0.15) is 42.2 Å². The standard InChI is InChI=1S/C24H18N2O4/c27-22-20-7-3-4-8-21(20)23(28)26(22)30-24(29)17-9-11-19(12-10-17)25-14-13-16-5-1-2-6-18(16)15-25/h1-12H,13-15H2. The van der Waals surface area contributed by atoms with Crippen molar-refractivity contribution in [3.05, 3.63) is 101 Å². The Morgan fingerprint density at radius 1 is 0.767 bits per heavy atom. The van der Waals surface area contributed by atoms with Gasteiger partial charge in [-0.2, -0.15) is 0 Å². The van der Waals surface area contributed by atoms with Crippen LogP contribution in [0.15, 0.2) is 72.8 Å². The molecule has 0 atom stereocenters. The summed E-state index contributed by atoms with van der Waals surface area (Å²) >= 11 is 0. The van der Waals surface area contributed by atoms with E-state index in [-0.39, 0.29) is 16.7 Å². The number of fused-ring (bicyclic) bond motifs is 2. The Morgan fingerprint density at radius 2 is 1.37 bits per heavy atom. The molecule has 0 spiro atoms. The zero-order valence-electron chi connectivity index (χ0n) is 16.1. The molecule has 0 aromatic heterocycles. The quantitative estimate of drug-likeness (QED) is 0.631. The second kappa shape index (κ2) is 7.15. The highest BCUT2D eigenvalue weighted by atomic mass is 16.7. The third-order valence-electron chi connectivity index (χ3n) is 5.53. The zero-order valence-corrected chi connectivity index (χ0v) is 16.1. The monoisotopic (exact) mass is 398 g/mol. The van der Waals surface area contributed by atoms with Crippen LogP contribution in [0.5, 0.6) is 0 Å². The minimum Gasteiger partial charge on any atom is -0.367 e. The van der Waals surface area contributed by atoms with Gasteiger partial charge in [-0.25, -0.2) is 4.79 Å². The normalized spacial score (nSPS) is 15.1. The van der Waals surface area contributed by atoms with Gasteiger partial charge in [0.1, 0.15) is 0 Å². The van der Waals surface area contributed by atoms with Crippen molar-refractivity contribution in [2.45, 2.75) is 13.0 Å². The summed E-state index contributed by atoms with van der Waals surface area (Å²) in [6.07, 6.45) is 0.972. The summed E-state index contributed by atoms with van der Waals surface area (Å²) < 4.78 is 0. The van der Waals surface area contributed by atoms with Crippen LogP contribution in [-0.4, -0.2) is 29.4 Å². The van der Waals surface area contributed by atoms with Crippen LogP contribution in [0.25, 0.3) is 0 Å². The van der Waals surface area contributed by atoms with Crippen LogP contribution in [0.3, 0.4) is 0 Å². The summed E-state index contributed by atoms with van der Waals surface area (Å²) in [6.45, 7) is 1.71. The fourth-order valence-corrected chi connectivity index (χ4v) is 3.91. The number of amides is 2. The third-order valence-corrected chi connectivity index (χ3v) is 5.53. The van der Waals surface area contributed by atoms with Gasteiger partial charge in [-0.3, -0.25) is 9.59 Å². The van der Waals surface area contributed by atoms with Gasteiger partial charge in [-0.05, 0) is 53.9 Å². The number of carbonyl (C=O) groups is 3. The number of hydrogen-bond donors (Lipinski definition) is 0. The number of hydroxylamine groups is 2. The Kier molecular flexibility index (Phi) is 4.32. The van der Waals surface area contributed by atoms with Crippen molar-refractivity contribution < 1.29 is 19.2 Å². The van der Waals surface area contributed by atoms with E-state index in [1.54, 1.807) is 24.3 Å². The fourth-order valence-electron chi connectivity index (χ4n) is 3.91. The molecule has 0 saturated carbocycles. The molecule has 30 heavy (non-hydrogen) atoms. The maximum absolute atomic E-state index is 12.5. The van der Waals surface area contributed by atoms with E-state index in [1.807, 2.05) is 18.2 Å². The number of carbonyl (C=O) groups excluding carboxylic acids is 3. The van der Waals surface area contributed by atoms with Gasteiger partial charge < -0.3 is 9.74 Å². The molecule has 2 heterocycles. The van der Waals surface area contributed by atoms with E-state index in [0.29, 0.717) is 5.06 Å². The van der Waals surface area contributed by atoms with Crippen molar-refractivity contribution in [2.24, 2.45) is 0 Å². The molecule has 0 fully saturated rings. The van der Waals surface area contributed by atoms with Crippen LogP contribution >= 0.6 is 0 Å².